The first kappa shape index (κ1) is 20.6. The molecule has 4 rings (SSSR count). The molecule has 3 aromatic rings. The van der Waals surface area contributed by atoms with Gasteiger partial charge in [-0.05, 0) is 36.4 Å². The monoisotopic (exact) mass is 476 g/mol. The Balaban J connectivity index is 1.63. The van der Waals surface area contributed by atoms with Crippen LogP contribution >= 0.6 is 47.2 Å². The summed E-state index contributed by atoms with van der Waals surface area (Å²) in [6, 6.07) is 14.2. The number of hydrogen-bond acceptors (Lipinski definition) is 6. The van der Waals surface area contributed by atoms with Gasteiger partial charge in [0.25, 0.3) is 11.6 Å². The maximum atomic E-state index is 12.9. The second kappa shape index (κ2) is 8.23. The van der Waals surface area contributed by atoms with Crippen molar-refractivity contribution in [3.8, 4) is 11.3 Å². The Hall–Kier alpha value is -2.65. The predicted molar refractivity (Wildman–Crippen MR) is 123 cm³/mol. The van der Waals surface area contributed by atoms with Crippen molar-refractivity contribution in [3.05, 3.63) is 85.4 Å². The molecule has 0 radical (unpaired) electrons. The molecule has 1 amide bonds. The summed E-state index contributed by atoms with van der Waals surface area (Å²) >= 11 is 18.6. The van der Waals surface area contributed by atoms with E-state index in [0.717, 1.165) is 11.8 Å². The zero-order valence-corrected chi connectivity index (χ0v) is 18.0. The van der Waals surface area contributed by atoms with E-state index >= 15 is 0 Å². The van der Waals surface area contributed by atoms with Crippen LogP contribution in [0.25, 0.3) is 17.4 Å². The number of carbonyl (C=O) groups excluding carboxylic acids is 1. The van der Waals surface area contributed by atoms with E-state index in [0.29, 0.717) is 37.7 Å². The van der Waals surface area contributed by atoms with E-state index in [1.807, 2.05) is 0 Å². The lowest BCUT2D eigenvalue weighted by Crippen LogP contribution is -2.27. The number of amides is 1. The van der Waals surface area contributed by atoms with Gasteiger partial charge >= 0.3 is 0 Å². The SMILES string of the molecule is O=C1/C(=C/c2ccc(-c3cc(Cl)ccc3Cl)o2)SC(=S)N1c1cccc([N+](=O)[O-])c1. The normalized spacial score (nSPS) is 15.3. The van der Waals surface area contributed by atoms with Gasteiger partial charge in [0.1, 0.15) is 11.5 Å². The van der Waals surface area contributed by atoms with Crippen molar-refractivity contribution in [1.29, 1.82) is 0 Å². The number of thiocarbonyl (C=S) groups is 1. The Labute approximate surface area is 190 Å². The molecule has 10 heteroatoms. The maximum absolute atomic E-state index is 12.9. The summed E-state index contributed by atoms with van der Waals surface area (Å²) in [6.45, 7) is 0. The molecule has 1 fully saturated rings. The lowest BCUT2D eigenvalue weighted by atomic mass is 10.2. The van der Waals surface area contributed by atoms with Gasteiger partial charge < -0.3 is 4.42 Å². The first-order valence-corrected chi connectivity index (χ1v) is 10.4. The number of thioether (sulfide) groups is 1. The molecule has 0 unspecified atom stereocenters. The Bertz CT molecular complexity index is 1240. The molecule has 150 valence electrons. The van der Waals surface area contributed by atoms with Gasteiger partial charge in [-0.25, -0.2) is 0 Å². The van der Waals surface area contributed by atoms with Crippen LogP contribution in [-0.4, -0.2) is 15.2 Å². The molecule has 1 aromatic heterocycles. The summed E-state index contributed by atoms with van der Waals surface area (Å²) < 4.78 is 6.08. The molecule has 6 nitrogen and oxygen atoms in total. The van der Waals surface area contributed by atoms with E-state index in [9.17, 15) is 14.9 Å². The summed E-state index contributed by atoms with van der Waals surface area (Å²) in [5.41, 5.74) is 0.841. The Morgan fingerprint density at radius 1 is 1.13 bits per heavy atom. The number of rotatable bonds is 4. The van der Waals surface area contributed by atoms with E-state index in [2.05, 4.69) is 0 Å². The maximum Gasteiger partial charge on any atom is 0.271 e. The van der Waals surface area contributed by atoms with Crippen LogP contribution in [0.15, 0.2) is 63.9 Å². The van der Waals surface area contributed by atoms with Crippen LogP contribution in [0.3, 0.4) is 0 Å². The van der Waals surface area contributed by atoms with Crippen LogP contribution in [0.2, 0.25) is 10.0 Å². The summed E-state index contributed by atoms with van der Waals surface area (Å²) in [5, 5.41) is 12.0. The largest absolute Gasteiger partial charge is 0.457 e. The van der Waals surface area contributed by atoms with E-state index in [4.69, 9.17) is 39.8 Å². The number of non-ortho nitro benzene ring substituents is 1. The second-order valence-corrected chi connectivity index (χ2v) is 8.64. The van der Waals surface area contributed by atoms with Gasteiger partial charge in [0.2, 0.25) is 0 Å². The lowest BCUT2D eigenvalue weighted by molar-refractivity contribution is -0.384. The number of furan rings is 1. The topological polar surface area (TPSA) is 76.6 Å². The fourth-order valence-corrected chi connectivity index (χ4v) is 4.49. The van der Waals surface area contributed by atoms with E-state index in [1.54, 1.807) is 42.5 Å². The predicted octanol–water partition coefficient (Wildman–Crippen LogP) is 6.57. The smallest absolute Gasteiger partial charge is 0.271 e. The van der Waals surface area contributed by atoms with Gasteiger partial charge in [0.15, 0.2) is 4.32 Å². The van der Waals surface area contributed by atoms with E-state index in [1.165, 1.54) is 23.1 Å². The summed E-state index contributed by atoms with van der Waals surface area (Å²) in [6.07, 6.45) is 1.57. The number of carbonyl (C=O) groups is 1. The van der Waals surface area contributed by atoms with Crippen molar-refractivity contribution < 1.29 is 14.1 Å². The van der Waals surface area contributed by atoms with Crippen molar-refractivity contribution in [1.82, 2.24) is 0 Å². The number of halogens is 2. The summed E-state index contributed by atoms with van der Waals surface area (Å²) in [4.78, 5) is 25.0. The zero-order valence-electron chi connectivity index (χ0n) is 14.9. The number of nitro benzene ring substituents is 1. The minimum absolute atomic E-state index is 0.125. The van der Waals surface area contributed by atoms with E-state index in [-0.39, 0.29) is 15.9 Å². The van der Waals surface area contributed by atoms with Crippen molar-refractivity contribution in [2.24, 2.45) is 0 Å². The van der Waals surface area contributed by atoms with Gasteiger partial charge in [0, 0.05) is 28.8 Å². The van der Waals surface area contributed by atoms with Crippen molar-refractivity contribution in [2.75, 3.05) is 4.90 Å². The van der Waals surface area contributed by atoms with Gasteiger partial charge in [-0.1, -0.05) is 53.2 Å². The average Bonchev–Trinajstić information content (AvgIpc) is 3.28. The molecule has 0 N–H and O–H groups in total. The molecule has 0 spiro atoms. The van der Waals surface area contributed by atoms with E-state index < -0.39 is 4.92 Å². The first-order valence-electron chi connectivity index (χ1n) is 8.41. The molecule has 2 aromatic carbocycles. The fourth-order valence-electron chi connectivity index (χ4n) is 2.83. The van der Waals surface area contributed by atoms with Crippen LogP contribution in [0, 0.1) is 10.1 Å². The van der Waals surface area contributed by atoms with Crippen molar-refractivity contribution in [2.45, 2.75) is 0 Å². The number of anilines is 1. The van der Waals surface area contributed by atoms with Gasteiger partial charge in [-0.2, -0.15) is 0 Å². The molecule has 0 aliphatic carbocycles. The highest BCUT2D eigenvalue weighted by molar-refractivity contribution is 8.27. The third-order valence-electron chi connectivity index (χ3n) is 4.19. The van der Waals surface area contributed by atoms with Gasteiger partial charge in [-0.3, -0.25) is 19.8 Å². The van der Waals surface area contributed by atoms with Gasteiger partial charge in [-0.15, -0.1) is 0 Å². The fraction of sp³-hybridized carbons (Fsp3) is 0. The highest BCUT2D eigenvalue weighted by Crippen LogP contribution is 2.38. The molecule has 0 saturated carbocycles. The molecule has 1 aliphatic heterocycles. The molecule has 1 aliphatic rings. The molecule has 30 heavy (non-hydrogen) atoms. The molecule has 2 heterocycles. The molecule has 0 atom stereocenters. The Kier molecular flexibility index (Phi) is 5.66. The minimum atomic E-state index is -0.525. The highest BCUT2D eigenvalue weighted by atomic mass is 35.5. The van der Waals surface area contributed by atoms with Gasteiger partial charge in [0.05, 0.1) is 20.5 Å². The molecule has 1 saturated heterocycles. The molecule has 0 bridgehead atoms. The van der Waals surface area contributed by atoms with Crippen LogP contribution in [0.4, 0.5) is 11.4 Å². The number of hydrogen-bond donors (Lipinski definition) is 0. The summed E-state index contributed by atoms with van der Waals surface area (Å²) in [5.74, 6) is 0.549. The summed E-state index contributed by atoms with van der Waals surface area (Å²) in [7, 11) is 0. The zero-order chi connectivity index (χ0) is 21.4. The number of nitro groups is 1. The average molecular weight is 477 g/mol. The Morgan fingerprint density at radius 3 is 2.70 bits per heavy atom. The lowest BCUT2D eigenvalue weighted by Gasteiger charge is -2.13. The van der Waals surface area contributed by atoms with Crippen LogP contribution in [0.5, 0.6) is 0 Å². The standard InChI is InChI=1S/C20H10Cl2N2O4S2/c21-11-4-6-16(22)15(8-11)17-7-5-14(28-17)10-18-19(25)23(20(29)30-18)12-2-1-3-13(9-12)24(26)27/h1-10H/b18-10-. The highest BCUT2D eigenvalue weighted by Gasteiger charge is 2.34. The molecular formula is C20H10Cl2N2O4S2. The van der Waals surface area contributed by atoms with Crippen LogP contribution < -0.4 is 4.90 Å². The molecular weight excluding hydrogens is 467 g/mol. The number of benzene rings is 2. The quantitative estimate of drug-likeness (QED) is 0.183. The third-order valence-corrected chi connectivity index (χ3v) is 6.05. The van der Waals surface area contributed by atoms with Crippen LogP contribution in [-0.2, 0) is 4.79 Å². The third kappa shape index (κ3) is 3.99. The Morgan fingerprint density at radius 2 is 1.93 bits per heavy atom. The van der Waals surface area contributed by atoms with Crippen molar-refractivity contribution >= 4 is 74.9 Å². The minimum Gasteiger partial charge on any atom is -0.457 e. The van der Waals surface area contributed by atoms with Crippen LogP contribution in [0.1, 0.15) is 5.76 Å². The first-order chi connectivity index (χ1) is 14.3. The number of nitrogens with zero attached hydrogens (tertiary/aromatic N) is 2. The second-order valence-electron chi connectivity index (χ2n) is 6.12. The van der Waals surface area contributed by atoms with Crippen molar-refractivity contribution in [3.63, 3.8) is 0 Å².